The highest BCUT2D eigenvalue weighted by atomic mass is 16.2. The first-order valence-corrected chi connectivity index (χ1v) is 22.7. The zero-order valence-electron chi connectivity index (χ0n) is 36.7. The zero-order chi connectivity index (χ0) is 46.9. The van der Waals surface area contributed by atoms with Crippen LogP contribution in [0.4, 0.5) is 0 Å². The van der Waals surface area contributed by atoms with Crippen LogP contribution in [0.5, 0.6) is 0 Å². The maximum atomic E-state index is 15.2. The molecule has 3 aromatic rings. The molecule has 7 atom stereocenters. The first kappa shape index (κ1) is 47.1. The van der Waals surface area contributed by atoms with Gasteiger partial charge in [-0.3, -0.25) is 38.4 Å². The van der Waals surface area contributed by atoms with E-state index in [0.717, 1.165) is 35.7 Å². The molecule has 4 heterocycles. The van der Waals surface area contributed by atoms with Crippen molar-refractivity contribution in [2.24, 2.45) is 23.1 Å². The number of fused-ring (bicyclic) bond motifs is 2. The zero-order valence-corrected chi connectivity index (χ0v) is 36.7. The number of nitrogens with zero attached hydrogens (tertiary/aromatic N) is 4. The molecule has 8 amide bonds. The van der Waals surface area contributed by atoms with Crippen LogP contribution in [-0.4, -0.2) is 121 Å². The van der Waals surface area contributed by atoms with E-state index in [1.807, 2.05) is 42.5 Å². The molecule has 352 valence electrons. The maximum Gasteiger partial charge on any atom is 0.246 e. The van der Waals surface area contributed by atoms with Crippen molar-refractivity contribution in [1.29, 1.82) is 0 Å². The molecule has 7 rings (SSSR count). The highest BCUT2D eigenvalue weighted by Gasteiger charge is 2.46. The third-order valence-electron chi connectivity index (χ3n) is 12.9. The molecule has 21 nitrogen and oxygen atoms in total. The Morgan fingerprint density at radius 1 is 0.833 bits per heavy atom. The van der Waals surface area contributed by atoms with E-state index in [-0.39, 0.29) is 32.4 Å². The SMILES string of the molecule is NC(=O)C[C@@H]1NC(=O)[C@@H](N)CC(=O)NCCCC[C@@H](C(N)=O)NC(=O)[C@H](Cc2c[nH]c3ccccc23)NC(=O)[C@@H]2C[C@H](n3cc(C4=CC=CC4)nn3)CN2C(=O)[C@H](C2CCCCC2)NC1=O. The lowest BCUT2D eigenvalue weighted by Gasteiger charge is -2.35. The average molecular weight is 910 g/mol. The van der Waals surface area contributed by atoms with Crippen molar-refractivity contribution in [3.8, 4) is 0 Å². The highest BCUT2D eigenvalue weighted by molar-refractivity contribution is 5.99. The van der Waals surface area contributed by atoms with E-state index in [0.29, 0.717) is 43.4 Å². The number of primary amides is 2. The van der Waals surface area contributed by atoms with Crippen LogP contribution >= 0.6 is 0 Å². The molecule has 4 aliphatic rings. The lowest BCUT2D eigenvalue weighted by molar-refractivity contribution is -0.144. The summed E-state index contributed by atoms with van der Waals surface area (Å²) in [6, 6.07) is -0.884. The Kier molecular flexibility index (Phi) is 15.3. The van der Waals surface area contributed by atoms with Crippen LogP contribution in [0.2, 0.25) is 0 Å². The van der Waals surface area contributed by atoms with Gasteiger partial charge in [-0.2, -0.15) is 0 Å². The fraction of sp³-hybridized carbons (Fsp3) is 0.511. The van der Waals surface area contributed by atoms with Crippen molar-refractivity contribution in [3.63, 3.8) is 0 Å². The van der Waals surface area contributed by atoms with E-state index < -0.39 is 108 Å². The van der Waals surface area contributed by atoms with Gasteiger partial charge >= 0.3 is 0 Å². The van der Waals surface area contributed by atoms with Gasteiger partial charge in [-0.1, -0.05) is 60.9 Å². The standard InChI is InChI=1S/C45H59N13O8/c46-30-20-38(60)49-17-9-8-16-32(40(48)61)51-42(63)33(18-27-22-50-31-15-7-6-14-29(27)31)53-44(65)36-19-28(58-24-35(55-56-58)25-10-4-5-11-25)23-57(36)45(66)39(26-12-2-1-3-13-26)54-43(64)34(21-37(47)59)52-41(30)62/h4-7,10,14-15,22,24,26,28,30,32-34,36,39,50H,1-3,8-9,11-13,16-21,23,46H2,(H2,47,59)(H2,48,61)(H,49,60)(H,51,63)(H,52,62)(H,53,65)(H,54,64)/t28-,30-,32-,33-,34-,36-,39-/m0/s1. The summed E-state index contributed by atoms with van der Waals surface area (Å²) in [5, 5.41) is 23.2. The van der Waals surface area contributed by atoms with E-state index in [1.165, 1.54) is 4.90 Å². The van der Waals surface area contributed by atoms with Gasteiger partial charge in [-0.05, 0) is 61.6 Å². The van der Waals surface area contributed by atoms with Gasteiger partial charge in [0.15, 0.2) is 0 Å². The van der Waals surface area contributed by atoms with Crippen molar-refractivity contribution in [1.82, 2.24) is 51.5 Å². The number of para-hydroxylation sites is 1. The molecule has 0 spiro atoms. The number of nitrogens with one attached hydrogen (secondary N) is 6. The van der Waals surface area contributed by atoms with Crippen LogP contribution in [0.15, 0.2) is 54.9 Å². The molecule has 0 unspecified atom stereocenters. The fourth-order valence-corrected chi connectivity index (χ4v) is 9.33. The molecular weight excluding hydrogens is 851 g/mol. The fourth-order valence-electron chi connectivity index (χ4n) is 9.33. The molecule has 2 aliphatic heterocycles. The minimum Gasteiger partial charge on any atom is -0.370 e. The summed E-state index contributed by atoms with van der Waals surface area (Å²) in [4.78, 5) is 114. The van der Waals surface area contributed by atoms with Gasteiger partial charge in [0.2, 0.25) is 47.3 Å². The van der Waals surface area contributed by atoms with Crippen molar-refractivity contribution in [2.75, 3.05) is 13.1 Å². The second kappa shape index (κ2) is 21.4. The number of rotatable bonds is 8. The number of carbonyl (C=O) groups excluding carboxylic acids is 8. The number of aromatic amines is 1. The summed E-state index contributed by atoms with van der Waals surface area (Å²) in [5.41, 5.74) is 20.5. The van der Waals surface area contributed by atoms with Crippen molar-refractivity contribution in [2.45, 2.75) is 126 Å². The van der Waals surface area contributed by atoms with E-state index in [4.69, 9.17) is 17.2 Å². The number of H-pyrrole nitrogens is 1. The Hall–Kier alpha value is -6.90. The molecule has 66 heavy (non-hydrogen) atoms. The Balaban J connectivity index is 1.26. The van der Waals surface area contributed by atoms with Crippen molar-refractivity contribution >= 4 is 63.7 Å². The molecule has 21 heteroatoms. The van der Waals surface area contributed by atoms with Gasteiger partial charge in [0.25, 0.3) is 0 Å². The van der Waals surface area contributed by atoms with Crippen LogP contribution < -0.4 is 43.8 Å². The van der Waals surface area contributed by atoms with Gasteiger partial charge in [0, 0.05) is 43.0 Å². The minimum absolute atomic E-state index is 0.00531. The van der Waals surface area contributed by atoms with Crippen molar-refractivity contribution in [3.05, 3.63) is 66.1 Å². The Labute approximate surface area is 380 Å². The number of aromatic nitrogens is 4. The molecule has 0 bridgehead atoms. The van der Waals surface area contributed by atoms with Crippen LogP contribution in [0.3, 0.4) is 0 Å². The summed E-state index contributed by atoms with van der Waals surface area (Å²) in [6.07, 6.45) is 13.3. The number of hydrogen-bond acceptors (Lipinski definition) is 11. The summed E-state index contributed by atoms with van der Waals surface area (Å²) in [6.45, 7) is 0.108. The summed E-state index contributed by atoms with van der Waals surface area (Å²) >= 11 is 0. The minimum atomic E-state index is -1.55. The summed E-state index contributed by atoms with van der Waals surface area (Å²) in [5.74, 6) is -6.41. The first-order chi connectivity index (χ1) is 31.7. The molecule has 0 radical (unpaired) electrons. The number of nitrogens with two attached hydrogens (primary N) is 3. The lowest BCUT2D eigenvalue weighted by Crippen LogP contribution is -2.61. The lowest BCUT2D eigenvalue weighted by atomic mass is 9.83. The van der Waals surface area contributed by atoms with Crippen LogP contribution in [0.25, 0.3) is 16.5 Å². The van der Waals surface area contributed by atoms with Gasteiger partial charge in [-0.25, -0.2) is 4.68 Å². The van der Waals surface area contributed by atoms with E-state index in [9.17, 15) is 33.6 Å². The molecule has 1 saturated carbocycles. The van der Waals surface area contributed by atoms with Crippen LogP contribution in [-0.2, 0) is 44.8 Å². The predicted molar refractivity (Wildman–Crippen MR) is 240 cm³/mol. The average Bonchev–Trinajstić information content (AvgIpc) is 4.14. The maximum absolute atomic E-state index is 15.2. The van der Waals surface area contributed by atoms with Crippen LogP contribution in [0.1, 0.15) is 94.3 Å². The Morgan fingerprint density at radius 2 is 1.58 bits per heavy atom. The van der Waals surface area contributed by atoms with E-state index in [2.05, 4.69) is 41.9 Å². The number of benzene rings is 1. The van der Waals surface area contributed by atoms with E-state index >= 15 is 4.79 Å². The van der Waals surface area contributed by atoms with Crippen molar-refractivity contribution < 1.29 is 38.4 Å². The second-order valence-corrected chi connectivity index (χ2v) is 17.7. The number of carbonyl (C=O) groups is 8. The quantitative estimate of drug-likeness (QED) is 0.137. The second-order valence-electron chi connectivity index (χ2n) is 17.7. The monoisotopic (exact) mass is 909 g/mol. The van der Waals surface area contributed by atoms with Gasteiger partial charge in [0.1, 0.15) is 35.9 Å². The smallest absolute Gasteiger partial charge is 0.246 e. The third kappa shape index (κ3) is 11.5. The molecule has 2 saturated heterocycles. The highest BCUT2D eigenvalue weighted by Crippen LogP contribution is 2.33. The third-order valence-corrected chi connectivity index (χ3v) is 12.9. The Morgan fingerprint density at radius 3 is 2.32 bits per heavy atom. The van der Waals surface area contributed by atoms with E-state index in [1.54, 1.807) is 17.1 Å². The normalized spacial score (nSPS) is 27.0. The summed E-state index contributed by atoms with van der Waals surface area (Å²) < 4.78 is 1.61. The molecule has 3 fully saturated rings. The van der Waals surface area contributed by atoms with Crippen LogP contribution in [0, 0.1) is 5.92 Å². The number of amides is 8. The first-order valence-electron chi connectivity index (χ1n) is 22.7. The largest absolute Gasteiger partial charge is 0.370 e. The van der Waals surface area contributed by atoms with Gasteiger partial charge in [0.05, 0.1) is 31.1 Å². The molecular formula is C45H59N13O8. The number of hydrogen-bond donors (Lipinski definition) is 9. The predicted octanol–water partition coefficient (Wildman–Crippen LogP) is -0.615. The molecule has 12 N–H and O–H groups in total. The molecule has 2 aromatic heterocycles. The number of allylic oxidation sites excluding steroid dienone is 4. The van der Waals surface area contributed by atoms with Gasteiger partial charge < -0.3 is 53.7 Å². The molecule has 2 aliphatic carbocycles. The van der Waals surface area contributed by atoms with Gasteiger partial charge in [-0.15, -0.1) is 5.10 Å². The topological polar surface area (TPSA) is 325 Å². The molecule has 1 aromatic carbocycles. The summed E-state index contributed by atoms with van der Waals surface area (Å²) in [7, 11) is 0. The Bertz CT molecular complexity index is 2380.